The fourth-order valence-corrected chi connectivity index (χ4v) is 3.03. The van der Waals surface area contributed by atoms with Crippen LogP contribution in [0.2, 0.25) is 0 Å². The Bertz CT molecular complexity index is 640. The number of nitrogens with one attached hydrogen (secondary N) is 2. The first kappa shape index (κ1) is 14.5. The van der Waals surface area contributed by atoms with Gasteiger partial charge in [0.2, 0.25) is 10.0 Å². The van der Waals surface area contributed by atoms with Crippen LogP contribution in [-0.4, -0.2) is 24.5 Å². The summed E-state index contributed by atoms with van der Waals surface area (Å²) in [6.45, 7) is 1.05. The molecule has 0 atom stereocenters. The van der Waals surface area contributed by atoms with Crippen molar-refractivity contribution in [1.82, 2.24) is 14.3 Å². The first-order chi connectivity index (χ1) is 9.63. The van der Waals surface area contributed by atoms with Crippen LogP contribution in [0, 0.1) is 0 Å². The van der Waals surface area contributed by atoms with Gasteiger partial charge in [0.25, 0.3) is 0 Å². The lowest BCUT2D eigenvalue weighted by Crippen LogP contribution is -2.27. The van der Waals surface area contributed by atoms with E-state index in [2.05, 4.69) is 15.1 Å². The minimum Gasteiger partial charge on any atom is -0.337 e. The highest BCUT2D eigenvalue weighted by Crippen LogP contribution is 2.19. The van der Waals surface area contributed by atoms with Crippen LogP contribution in [-0.2, 0) is 16.6 Å². The third kappa shape index (κ3) is 3.56. The van der Waals surface area contributed by atoms with E-state index >= 15 is 0 Å². The van der Waals surface area contributed by atoms with Gasteiger partial charge in [-0.05, 0) is 18.6 Å². The SMILES string of the molecule is NNc1ccccc1S(=O)(=O)NCCCn1ccnc1. The average molecular weight is 295 g/mol. The molecule has 0 saturated carbocycles. The maximum atomic E-state index is 12.1. The number of nitrogens with two attached hydrogens (primary N) is 1. The summed E-state index contributed by atoms with van der Waals surface area (Å²) in [4.78, 5) is 4.07. The van der Waals surface area contributed by atoms with Crippen LogP contribution in [0.15, 0.2) is 47.9 Å². The van der Waals surface area contributed by atoms with E-state index in [-0.39, 0.29) is 4.90 Å². The van der Waals surface area contributed by atoms with Crippen molar-refractivity contribution in [2.75, 3.05) is 12.0 Å². The Labute approximate surface area is 117 Å². The summed E-state index contributed by atoms with van der Waals surface area (Å²) in [6, 6.07) is 6.49. The molecule has 7 nitrogen and oxygen atoms in total. The second-order valence-corrected chi connectivity index (χ2v) is 5.93. The van der Waals surface area contributed by atoms with Gasteiger partial charge in [0.05, 0.1) is 12.0 Å². The Morgan fingerprint density at radius 2 is 2.10 bits per heavy atom. The summed E-state index contributed by atoms with van der Waals surface area (Å²) in [5, 5.41) is 0. The van der Waals surface area contributed by atoms with Gasteiger partial charge in [-0.25, -0.2) is 18.1 Å². The Morgan fingerprint density at radius 1 is 1.30 bits per heavy atom. The molecule has 0 amide bonds. The second kappa shape index (κ2) is 6.51. The predicted octanol–water partition coefficient (Wildman–Crippen LogP) is 0.537. The van der Waals surface area contributed by atoms with E-state index in [1.165, 1.54) is 6.07 Å². The van der Waals surface area contributed by atoms with Crippen molar-refractivity contribution in [3.63, 3.8) is 0 Å². The van der Waals surface area contributed by atoms with Crippen molar-refractivity contribution in [2.24, 2.45) is 5.84 Å². The molecule has 0 fully saturated rings. The van der Waals surface area contributed by atoms with E-state index in [0.717, 1.165) is 0 Å². The quantitative estimate of drug-likeness (QED) is 0.393. The minimum absolute atomic E-state index is 0.144. The third-order valence-electron chi connectivity index (χ3n) is 2.78. The van der Waals surface area contributed by atoms with Crippen LogP contribution >= 0.6 is 0 Å². The van der Waals surface area contributed by atoms with E-state index in [1.54, 1.807) is 30.7 Å². The van der Waals surface area contributed by atoms with Crippen LogP contribution in [0.1, 0.15) is 6.42 Å². The van der Waals surface area contributed by atoms with Crippen LogP contribution < -0.4 is 16.0 Å². The van der Waals surface area contributed by atoms with Crippen molar-refractivity contribution in [3.8, 4) is 0 Å². The number of sulfonamides is 1. The Balaban J connectivity index is 1.94. The second-order valence-electron chi connectivity index (χ2n) is 4.19. The number of benzene rings is 1. The van der Waals surface area contributed by atoms with Crippen LogP contribution in [0.3, 0.4) is 0 Å². The Kier molecular flexibility index (Phi) is 4.72. The number of hydrogen-bond donors (Lipinski definition) is 3. The number of aryl methyl sites for hydroxylation is 1. The number of rotatable bonds is 7. The molecule has 2 aromatic rings. The molecule has 0 spiro atoms. The van der Waals surface area contributed by atoms with Crippen LogP contribution in [0.25, 0.3) is 0 Å². The molecule has 0 aliphatic carbocycles. The third-order valence-corrected chi connectivity index (χ3v) is 4.30. The number of para-hydroxylation sites is 1. The lowest BCUT2D eigenvalue weighted by Gasteiger charge is -2.10. The molecule has 1 aromatic heterocycles. The van der Waals surface area contributed by atoms with Gasteiger partial charge in [-0.2, -0.15) is 0 Å². The molecule has 108 valence electrons. The summed E-state index contributed by atoms with van der Waals surface area (Å²) in [6.07, 6.45) is 5.89. The van der Waals surface area contributed by atoms with Crippen LogP contribution in [0.4, 0.5) is 5.69 Å². The standard InChI is InChI=1S/C12H17N5O2S/c13-16-11-4-1-2-5-12(11)20(18,19)15-6-3-8-17-9-7-14-10-17/h1-2,4-5,7,9-10,15-16H,3,6,8,13H2. The first-order valence-corrected chi connectivity index (χ1v) is 7.63. The summed E-state index contributed by atoms with van der Waals surface area (Å²) in [5.74, 6) is 5.31. The van der Waals surface area contributed by atoms with Gasteiger partial charge in [-0.1, -0.05) is 12.1 Å². The minimum atomic E-state index is -3.56. The van der Waals surface area contributed by atoms with E-state index in [0.29, 0.717) is 25.2 Å². The fourth-order valence-electron chi connectivity index (χ4n) is 1.79. The molecule has 20 heavy (non-hydrogen) atoms. The van der Waals surface area contributed by atoms with Crippen LogP contribution in [0.5, 0.6) is 0 Å². The van der Waals surface area contributed by atoms with Gasteiger partial charge >= 0.3 is 0 Å². The van der Waals surface area contributed by atoms with Crippen molar-refractivity contribution >= 4 is 15.7 Å². The van der Waals surface area contributed by atoms with Crippen molar-refractivity contribution in [3.05, 3.63) is 43.0 Å². The van der Waals surface area contributed by atoms with E-state index in [1.807, 2.05) is 10.8 Å². The summed E-state index contributed by atoms with van der Waals surface area (Å²) >= 11 is 0. The number of aromatic nitrogens is 2. The molecule has 0 aliphatic rings. The van der Waals surface area contributed by atoms with Gasteiger partial charge in [0.15, 0.2) is 0 Å². The molecule has 0 saturated heterocycles. The largest absolute Gasteiger partial charge is 0.337 e. The maximum absolute atomic E-state index is 12.1. The molecule has 0 aliphatic heterocycles. The van der Waals surface area contributed by atoms with Gasteiger partial charge in [-0.3, -0.25) is 5.84 Å². The highest BCUT2D eigenvalue weighted by atomic mass is 32.2. The lowest BCUT2D eigenvalue weighted by molar-refractivity contribution is 0.570. The molecule has 8 heteroatoms. The van der Waals surface area contributed by atoms with Gasteiger partial charge in [0.1, 0.15) is 4.90 Å². The molecule has 4 N–H and O–H groups in total. The molecule has 2 rings (SSSR count). The highest BCUT2D eigenvalue weighted by Gasteiger charge is 2.16. The van der Waals surface area contributed by atoms with Crippen molar-refractivity contribution in [1.29, 1.82) is 0 Å². The van der Waals surface area contributed by atoms with Gasteiger partial charge in [-0.15, -0.1) is 0 Å². The molecular weight excluding hydrogens is 278 g/mol. The lowest BCUT2D eigenvalue weighted by atomic mass is 10.3. The number of hydrazine groups is 1. The van der Waals surface area contributed by atoms with E-state index in [4.69, 9.17) is 5.84 Å². The number of imidazole rings is 1. The number of nitrogen functional groups attached to an aromatic ring is 1. The zero-order valence-corrected chi connectivity index (χ0v) is 11.7. The zero-order valence-electron chi connectivity index (χ0n) is 10.9. The predicted molar refractivity (Wildman–Crippen MR) is 76.3 cm³/mol. The monoisotopic (exact) mass is 295 g/mol. The van der Waals surface area contributed by atoms with Gasteiger partial charge < -0.3 is 9.99 Å². The number of nitrogens with zero attached hydrogens (tertiary/aromatic N) is 2. The molecule has 1 aromatic carbocycles. The molecule has 0 radical (unpaired) electrons. The Morgan fingerprint density at radius 3 is 2.80 bits per heavy atom. The zero-order chi connectivity index (χ0) is 14.4. The topological polar surface area (TPSA) is 102 Å². The van der Waals surface area contributed by atoms with E-state index < -0.39 is 10.0 Å². The maximum Gasteiger partial charge on any atom is 0.242 e. The summed E-state index contributed by atoms with van der Waals surface area (Å²) in [7, 11) is -3.56. The van der Waals surface area contributed by atoms with E-state index in [9.17, 15) is 8.42 Å². The Hall–Kier alpha value is -1.90. The molecule has 1 heterocycles. The molecular formula is C12H17N5O2S. The first-order valence-electron chi connectivity index (χ1n) is 6.14. The van der Waals surface area contributed by atoms with Crippen molar-refractivity contribution in [2.45, 2.75) is 17.9 Å². The van der Waals surface area contributed by atoms with Crippen molar-refractivity contribution < 1.29 is 8.42 Å². The average Bonchev–Trinajstić information content (AvgIpc) is 2.97. The fraction of sp³-hybridized carbons (Fsp3) is 0.250. The smallest absolute Gasteiger partial charge is 0.242 e. The number of hydrogen-bond acceptors (Lipinski definition) is 5. The summed E-state index contributed by atoms with van der Waals surface area (Å²) in [5.41, 5.74) is 2.75. The highest BCUT2D eigenvalue weighted by molar-refractivity contribution is 7.89. The summed E-state index contributed by atoms with van der Waals surface area (Å²) < 4.78 is 28.7. The number of anilines is 1. The van der Waals surface area contributed by atoms with Gasteiger partial charge in [0, 0.05) is 25.5 Å². The normalized spacial score (nSPS) is 11.4. The molecule has 0 unspecified atom stereocenters. The molecule has 0 bridgehead atoms.